The molecule has 5 nitrogen and oxygen atoms in total. The Kier molecular flexibility index (Phi) is 4.51. The highest BCUT2D eigenvalue weighted by Gasteiger charge is 2.50. The first-order valence-electron chi connectivity index (χ1n) is 7.99. The number of oxime groups is 1. The Morgan fingerprint density at radius 1 is 1.22 bits per heavy atom. The first-order chi connectivity index (χ1) is 10.6. The van der Waals surface area contributed by atoms with Crippen molar-refractivity contribution in [2.24, 2.45) is 16.0 Å². The summed E-state index contributed by atoms with van der Waals surface area (Å²) in [5.74, 6) is -0.121. The van der Waals surface area contributed by atoms with Crippen molar-refractivity contribution >= 4 is 11.6 Å². The van der Waals surface area contributed by atoms with Crippen molar-refractivity contribution in [3.05, 3.63) is 30.1 Å². The van der Waals surface area contributed by atoms with E-state index in [1.54, 1.807) is 24.5 Å². The van der Waals surface area contributed by atoms with Crippen molar-refractivity contribution in [1.29, 1.82) is 0 Å². The highest BCUT2D eigenvalue weighted by atomic mass is 16.7. The molecule has 0 spiro atoms. The van der Waals surface area contributed by atoms with Gasteiger partial charge in [-0.2, -0.15) is 0 Å². The van der Waals surface area contributed by atoms with E-state index in [0.29, 0.717) is 12.1 Å². The zero-order valence-electron chi connectivity index (χ0n) is 14.9. The van der Waals surface area contributed by atoms with Crippen LogP contribution in [-0.2, 0) is 4.84 Å². The molecule has 2 heterocycles. The van der Waals surface area contributed by atoms with E-state index in [4.69, 9.17) is 4.84 Å². The highest BCUT2D eigenvalue weighted by Crippen LogP contribution is 2.43. The normalized spacial score (nSPS) is 21.6. The Labute approximate surface area is 138 Å². The second kappa shape index (κ2) is 5.95. The zero-order chi connectivity index (χ0) is 17.3. The van der Waals surface area contributed by atoms with Crippen LogP contribution in [0.15, 0.2) is 29.7 Å². The molecule has 1 N–H and O–H groups in total. The van der Waals surface area contributed by atoms with Gasteiger partial charge in [-0.15, -0.1) is 0 Å². The molecule has 1 atom stereocenters. The molecular formula is C18H27N3O2. The minimum atomic E-state index is -0.529. The van der Waals surface area contributed by atoms with Gasteiger partial charge in [0, 0.05) is 35.2 Å². The fourth-order valence-electron chi connectivity index (χ4n) is 2.47. The summed E-state index contributed by atoms with van der Waals surface area (Å²) in [6.45, 7) is 13.2. The van der Waals surface area contributed by atoms with Gasteiger partial charge in [0.1, 0.15) is 0 Å². The van der Waals surface area contributed by atoms with Crippen LogP contribution in [0.2, 0.25) is 0 Å². The van der Waals surface area contributed by atoms with Gasteiger partial charge in [0.05, 0.1) is 12.3 Å². The van der Waals surface area contributed by atoms with Crippen molar-refractivity contribution in [1.82, 2.24) is 10.3 Å². The van der Waals surface area contributed by atoms with Crippen molar-refractivity contribution in [2.45, 2.75) is 53.6 Å². The van der Waals surface area contributed by atoms with Gasteiger partial charge >= 0.3 is 0 Å². The summed E-state index contributed by atoms with van der Waals surface area (Å²) in [5, 5.41) is 7.33. The molecule has 2 rings (SSSR count). The van der Waals surface area contributed by atoms with Crippen LogP contribution >= 0.6 is 0 Å². The van der Waals surface area contributed by atoms with Gasteiger partial charge in [-0.3, -0.25) is 9.78 Å². The van der Waals surface area contributed by atoms with E-state index < -0.39 is 5.60 Å². The first-order valence-corrected chi connectivity index (χ1v) is 7.99. The van der Waals surface area contributed by atoms with Gasteiger partial charge in [-0.05, 0) is 12.1 Å². The predicted octanol–water partition coefficient (Wildman–Crippen LogP) is 3.42. The highest BCUT2D eigenvalue weighted by molar-refractivity contribution is 5.94. The topological polar surface area (TPSA) is 63.6 Å². The summed E-state index contributed by atoms with van der Waals surface area (Å²) < 4.78 is 0. The SMILES string of the molecule is CC(C)(C)C1=NOC(CNC(=O)c2ccncc2)(C(C)(C)C)C1. The van der Waals surface area contributed by atoms with Crippen molar-refractivity contribution in [3.63, 3.8) is 0 Å². The summed E-state index contributed by atoms with van der Waals surface area (Å²) in [5.41, 5.74) is 0.903. The van der Waals surface area contributed by atoms with E-state index >= 15 is 0 Å². The summed E-state index contributed by atoms with van der Waals surface area (Å²) in [6.07, 6.45) is 3.94. The molecule has 1 amide bonds. The second-order valence-corrected chi connectivity index (χ2v) is 8.22. The molecule has 0 saturated heterocycles. The van der Waals surface area contributed by atoms with Crippen molar-refractivity contribution < 1.29 is 9.63 Å². The van der Waals surface area contributed by atoms with Gasteiger partial charge in [0.2, 0.25) is 0 Å². The minimum Gasteiger partial charge on any atom is -0.386 e. The molecule has 1 aromatic heterocycles. The molecule has 5 heteroatoms. The Bertz CT molecular complexity index is 597. The molecule has 0 saturated carbocycles. The maximum absolute atomic E-state index is 12.3. The molecule has 1 aromatic rings. The molecule has 1 aliphatic rings. The molecule has 0 aliphatic carbocycles. The number of hydrogen-bond acceptors (Lipinski definition) is 4. The lowest BCUT2D eigenvalue weighted by Gasteiger charge is -2.39. The number of carbonyl (C=O) groups is 1. The monoisotopic (exact) mass is 317 g/mol. The summed E-state index contributed by atoms with van der Waals surface area (Å²) in [4.78, 5) is 22.1. The molecule has 23 heavy (non-hydrogen) atoms. The van der Waals surface area contributed by atoms with Gasteiger partial charge in [0.25, 0.3) is 5.91 Å². The van der Waals surface area contributed by atoms with Crippen LogP contribution in [-0.4, -0.2) is 28.7 Å². The van der Waals surface area contributed by atoms with E-state index in [2.05, 4.69) is 57.0 Å². The molecule has 126 valence electrons. The minimum absolute atomic E-state index is 0.0396. The van der Waals surface area contributed by atoms with Crippen LogP contribution in [0.3, 0.4) is 0 Å². The Hall–Kier alpha value is -1.91. The number of hydrogen-bond donors (Lipinski definition) is 1. The quantitative estimate of drug-likeness (QED) is 0.929. The maximum atomic E-state index is 12.3. The Balaban J connectivity index is 2.12. The molecule has 1 aliphatic heterocycles. The molecule has 0 radical (unpaired) electrons. The Morgan fingerprint density at radius 3 is 2.30 bits per heavy atom. The van der Waals surface area contributed by atoms with Crippen molar-refractivity contribution in [3.8, 4) is 0 Å². The van der Waals surface area contributed by atoms with Gasteiger partial charge in [0.15, 0.2) is 5.60 Å². The van der Waals surface area contributed by atoms with Gasteiger partial charge in [-0.1, -0.05) is 46.7 Å². The van der Waals surface area contributed by atoms with E-state index in [-0.39, 0.29) is 16.7 Å². The largest absolute Gasteiger partial charge is 0.386 e. The van der Waals surface area contributed by atoms with Crippen molar-refractivity contribution in [2.75, 3.05) is 6.54 Å². The number of nitrogens with zero attached hydrogens (tertiary/aromatic N) is 2. The number of nitrogens with one attached hydrogen (secondary N) is 1. The van der Waals surface area contributed by atoms with E-state index in [0.717, 1.165) is 12.1 Å². The average Bonchev–Trinajstić information content (AvgIpc) is 2.91. The first kappa shape index (κ1) is 17.4. The van der Waals surface area contributed by atoms with Crippen LogP contribution in [0, 0.1) is 10.8 Å². The predicted molar refractivity (Wildman–Crippen MR) is 91.3 cm³/mol. The molecule has 0 bridgehead atoms. The zero-order valence-corrected chi connectivity index (χ0v) is 14.9. The molecular weight excluding hydrogens is 290 g/mol. The Morgan fingerprint density at radius 2 is 1.83 bits per heavy atom. The van der Waals surface area contributed by atoms with Crippen LogP contribution < -0.4 is 5.32 Å². The van der Waals surface area contributed by atoms with Crippen LogP contribution in [0.1, 0.15) is 58.3 Å². The summed E-state index contributed by atoms with van der Waals surface area (Å²) in [7, 11) is 0. The molecule has 1 unspecified atom stereocenters. The number of amides is 1. The standard InChI is InChI=1S/C18H27N3O2/c1-16(2,3)14-11-18(23-21-14,17(4,5)6)12-20-15(22)13-7-9-19-10-8-13/h7-10H,11-12H2,1-6H3,(H,20,22). The molecule has 0 fully saturated rings. The third-order valence-corrected chi connectivity index (χ3v) is 4.49. The fourth-order valence-corrected chi connectivity index (χ4v) is 2.47. The number of aromatic nitrogens is 1. The lowest BCUT2D eigenvalue weighted by atomic mass is 9.71. The van der Waals surface area contributed by atoms with Gasteiger partial charge < -0.3 is 10.2 Å². The van der Waals surface area contributed by atoms with Crippen LogP contribution in [0.5, 0.6) is 0 Å². The smallest absolute Gasteiger partial charge is 0.251 e. The number of pyridine rings is 1. The average molecular weight is 317 g/mol. The summed E-state index contributed by atoms with van der Waals surface area (Å²) in [6, 6.07) is 3.40. The number of rotatable bonds is 3. The van der Waals surface area contributed by atoms with Crippen LogP contribution in [0.25, 0.3) is 0 Å². The van der Waals surface area contributed by atoms with E-state index in [1.165, 1.54) is 0 Å². The second-order valence-electron chi connectivity index (χ2n) is 8.22. The molecule has 0 aromatic carbocycles. The van der Waals surface area contributed by atoms with E-state index in [1.807, 2.05) is 0 Å². The lowest BCUT2D eigenvalue weighted by molar-refractivity contribution is -0.0918. The maximum Gasteiger partial charge on any atom is 0.251 e. The van der Waals surface area contributed by atoms with Gasteiger partial charge in [-0.25, -0.2) is 0 Å². The van der Waals surface area contributed by atoms with Crippen LogP contribution in [0.4, 0.5) is 0 Å². The fraction of sp³-hybridized carbons (Fsp3) is 0.611. The lowest BCUT2D eigenvalue weighted by Crippen LogP contribution is -2.52. The third kappa shape index (κ3) is 3.71. The third-order valence-electron chi connectivity index (χ3n) is 4.49. The summed E-state index contributed by atoms with van der Waals surface area (Å²) >= 11 is 0. The number of carbonyl (C=O) groups excluding carboxylic acids is 1. The van der Waals surface area contributed by atoms with E-state index in [9.17, 15) is 4.79 Å².